The second kappa shape index (κ2) is 7.28. The second-order valence-electron chi connectivity index (χ2n) is 6.78. The number of nitrogens with zero attached hydrogens (tertiary/aromatic N) is 5. The number of imidazole rings is 1. The highest BCUT2D eigenvalue weighted by molar-refractivity contribution is 5.87. The Balaban J connectivity index is 1.61. The van der Waals surface area contributed by atoms with Gasteiger partial charge < -0.3 is 9.67 Å². The Morgan fingerprint density at radius 1 is 1.15 bits per heavy atom. The van der Waals surface area contributed by atoms with Crippen molar-refractivity contribution in [1.82, 2.24) is 24.4 Å². The lowest BCUT2D eigenvalue weighted by Gasteiger charge is -2.25. The fourth-order valence-electron chi connectivity index (χ4n) is 3.67. The standard InChI is InChI=1S/C20H21N5O2/c1-24-12-10-23-19(24)18-17(21-8-9-22-18)16-3-2-11-25(16)13-14-4-6-15(7-5-14)20(26)27/h4-10,12,16H,2-3,11,13H2,1H3,(H,26,27)/t16-/m1/s1. The van der Waals surface area contributed by atoms with Crippen molar-refractivity contribution in [2.24, 2.45) is 7.05 Å². The minimum Gasteiger partial charge on any atom is -0.478 e. The monoisotopic (exact) mass is 363 g/mol. The lowest BCUT2D eigenvalue weighted by atomic mass is 10.1. The van der Waals surface area contributed by atoms with Crippen molar-refractivity contribution in [1.29, 1.82) is 0 Å². The van der Waals surface area contributed by atoms with Crippen LogP contribution in [0.1, 0.15) is 40.5 Å². The zero-order valence-corrected chi connectivity index (χ0v) is 15.1. The predicted molar refractivity (Wildman–Crippen MR) is 100 cm³/mol. The van der Waals surface area contributed by atoms with Gasteiger partial charge in [0, 0.05) is 38.4 Å². The second-order valence-corrected chi connectivity index (χ2v) is 6.78. The lowest BCUT2D eigenvalue weighted by Crippen LogP contribution is -2.24. The van der Waals surface area contributed by atoms with Crippen LogP contribution in [-0.2, 0) is 13.6 Å². The van der Waals surface area contributed by atoms with Gasteiger partial charge in [0.25, 0.3) is 0 Å². The number of aryl methyl sites for hydroxylation is 1. The van der Waals surface area contributed by atoms with E-state index in [-0.39, 0.29) is 6.04 Å². The van der Waals surface area contributed by atoms with Crippen LogP contribution in [0.2, 0.25) is 0 Å². The van der Waals surface area contributed by atoms with Crippen LogP contribution < -0.4 is 0 Å². The topological polar surface area (TPSA) is 84.1 Å². The highest BCUT2D eigenvalue weighted by Crippen LogP contribution is 2.35. The molecule has 2 aromatic heterocycles. The SMILES string of the molecule is Cn1ccnc1-c1nccnc1[C@H]1CCCN1Cc1ccc(C(=O)O)cc1. The van der Waals surface area contributed by atoms with Crippen molar-refractivity contribution in [3.63, 3.8) is 0 Å². The highest BCUT2D eigenvalue weighted by Gasteiger charge is 2.30. The Hall–Kier alpha value is -3.06. The Labute approximate surface area is 157 Å². The van der Waals surface area contributed by atoms with Crippen LogP contribution in [0.25, 0.3) is 11.5 Å². The Morgan fingerprint density at radius 2 is 1.93 bits per heavy atom. The third-order valence-electron chi connectivity index (χ3n) is 5.03. The first-order chi connectivity index (χ1) is 13.1. The molecule has 1 fully saturated rings. The number of carboxylic acids is 1. The molecule has 1 N–H and O–H groups in total. The van der Waals surface area contributed by atoms with Crippen molar-refractivity contribution in [2.45, 2.75) is 25.4 Å². The fourth-order valence-corrected chi connectivity index (χ4v) is 3.67. The van der Waals surface area contributed by atoms with Crippen molar-refractivity contribution in [2.75, 3.05) is 6.54 Å². The smallest absolute Gasteiger partial charge is 0.335 e. The molecule has 4 rings (SSSR count). The first kappa shape index (κ1) is 17.4. The van der Waals surface area contributed by atoms with E-state index in [4.69, 9.17) is 5.11 Å². The zero-order chi connectivity index (χ0) is 18.8. The molecule has 0 bridgehead atoms. The molecule has 0 saturated carbocycles. The van der Waals surface area contributed by atoms with Gasteiger partial charge in [0.15, 0.2) is 5.82 Å². The third kappa shape index (κ3) is 3.46. The minimum atomic E-state index is -0.903. The van der Waals surface area contributed by atoms with E-state index in [9.17, 15) is 4.79 Å². The number of aromatic nitrogens is 4. The molecule has 3 aromatic rings. The molecule has 7 nitrogen and oxygen atoms in total. The summed E-state index contributed by atoms with van der Waals surface area (Å²) < 4.78 is 1.96. The van der Waals surface area contributed by atoms with Crippen LogP contribution in [-0.4, -0.2) is 42.0 Å². The third-order valence-corrected chi connectivity index (χ3v) is 5.03. The summed E-state index contributed by atoms with van der Waals surface area (Å²) in [6.07, 6.45) is 9.23. The first-order valence-electron chi connectivity index (χ1n) is 8.98. The molecule has 1 atom stereocenters. The zero-order valence-electron chi connectivity index (χ0n) is 15.1. The molecule has 0 amide bonds. The number of rotatable bonds is 5. The van der Waals surface area contributed by atoms with Gasteiger partial charge in [-0.1, -0.05) is 12.1 Å². The summed E-state index contributed by atoms with van der Waals surface area (Å²) in [5.41, 5.74) is 3.17. The molecular weight excluding hydrogens is 342 g/mol. The first-order valence-corrected chi connectivity index (χ1v) is 8.98. The van der Waals surface area contributed by atoms with Crippen LogP contribution in [0, 0.1) is 0 Å². The molecule has 0 radical (unpaired) electrons. The molecule has 0 aliphatic carbocycles. The molecule has 27 heavy (non-hydrogen) atoms. The van der Waals surface area contributed by atoms with Crippen molar-refractivity contribution in [3.8, 4) is 11.5 Å². The van der Waals surface area contributed by atoms with Crippen LogP contribution in [0.3, 0.4) is 0 Å². The molecule has 0 unspecified atom stereocenters. The van der Waals surface area contributed by atoms with Crippen molar-refractivity contribution >= 4 is 5.97 Å². The van der Waals surface area contributed by atoms with E-state index < -0.39 is 5.97 Å². The number of benzene rings is 1. The van der Waals surface area contributed by atoms with Crippen molar-refractivity contribution in [3.05, 3.63) is 65.9 Å². The molecule has 7 heteroatoms. The summed E-state index contributed by atoms with van der Waals surface area (Å²) in [6, 6.07) is 7.25. The van der Waals surface area contributed by atoms with Gasteiger partial charge in [-0.05, 0) is 37.1 Å². The van der Waals surface area contributed by atoms with Crippen LogP contribution in [0.5, 0.6) is 0 Å². The molecule has 1 aliphatic rings. The number of hydrogen-bond acceptors (Lipinski definition) is 5. The molecule has 1 saturated heterocycles. The summed E-state index contributed by atoms with van der Waals surface area (Å²) in [6.45, 7) is 1.73. The van der Waals surface area contributed by atoms with E-state index in [0.717, 1.165) is 48.7 Å². The van der Waals surface area contributed by atoms with Crippen LogP contribution >= 0.6 is 0 Å². The van der Waals surface area contributed by atoms with Crippen molar-refractivity contribution < 1.29 is 9.90 Å². The summed E-state index contributed by atoms with van der Waals surface area (Å²) in [4.78, 5) is 27.1. The largest absolute Gasteiger partial charge is 0.478 e. The van der Waals surface area contributed by atoms with E-state index in [1.165, 1.54) is 0 Å². The number of carboxylic acid groups (broad SMARTS) is 1. The molecule has 1 aromatic carbocycles. The summed E-state index contributed by atoms with van der Waals surface area (Å²) in [5.74, 6) is -0.0874. The number of aromatic carboxylic acids is 1. The van der Waals surface area contributed by atoms with Gasteiger partial charge in [-0.25, -0.2) is 14.8 Å². The van der Waals surface area contributed by atoms with Gasteiger partial charge >= 0.3 is 5.97 Å². The van der Waals surface area contributed by atoms with E-state index >= 15 is 0 Å². The van der Waals surface area contributed by atoms with Crippen LogP contribution in [0.15, 0.2) is 49.1 Å². The summed E-state index contributed by atoms with van der Waals surface area (Å²) in [5, 5.41) is 9.06. The Kier molecular flexibility index (Phi) is 4.68. The van der Waals surface area contributed by atoms with Gasteiger partial charge in [-0.3, -0.25) is 9.88 Å². The van der Waals surface area contributed by atoms with E-state index in [1.807, 2.05) is 29.9 Å². The average molecular weight is 363 g/mol. The number of likely N-dealkylation sites (tertiary alicyclic amines) is 1. The van der Waals surface area contributed by atoms with Gasteiger partial charge in [-0.2, -0.15) is 0 Å². The quantitative estimate of drug-likeness (QED) is 0.750. The molecule has 138 valence electrons. The van der Waals surface area contributed by atoms with E-state index in [0.29, 0.717) is 5.56 Å². The maximum Gasteiger partial charge on any atom is 0.335 e. The highest BCUT2D eigenvalue weighted by atomic mass is 16.4. The van der Waals surface area contributed by atoms with Crippen LogP contribution in [0.4, 0.5) is 0 Å². The summed E-state index contributed by atoms with van der Waals surface area (Å²) in [7, 11) is 1.96. The minimum absolute atomic E-state index is 0.171. The predicted octanol–water partition coefficient (Wildman–Crippen LogP) is 2.91. The fraction of sp³-hybridized carbons (Fsp3) is 0.300. The summed E-state index contributed by atoms with van der Waals surface area (Å²) >= 11 is 0. The van der Waals surface area contributed by atoms with Gasteiger partial charge in [0.05, 0.1) is 17.3 Å². The number of hydrogen-bond donors (Lipinski definition) is 1. The maximum atomic E-state index is 11.0. The lowest BCUT2D eigenvalue weighted by molar-refractivity contribution is 0.0697. The van der Waals surface area contributed by atoms with E-state index in [2.05, 4.69) is 19.9 Å². The average Bonchev–Trinajstić information content (AvgIpc) is 3.31. The van der Waals surface area contributed by atoms with Gasteiger partial charge in [-0.15, -0.1) is 0 Å². The van der Waals surface area contributed by atoms with Gasteiger partial charge in [0.2, 0.25) is 0 Å². The number of carbonyl (C=O) groups is 1. The maximum absolute atomic E-state index is 11.0. The van der Waals surface area contributed by atoms with Gasteiger partial charge in [0.1, 0.15) is 5.69 Å². The molecule has 1 aliphatic heterocycles. The molecule has 0 spiro atoms. The normalized spacial score (nSPS) is 17.3. The molecular formula is C20H21N5O2. The Bertz CT molecular complexity index is 951. The van der Waals surface area contributed by atoms with E-state index in [1.54, 1.807) is 30.7 Å². The Morgan fingerprint density at radius 3 is 2.63 bits per heavy atom. The molecule has 3 heterocycles.